The van der Waals surface area contributed by atoms with Gasteiger partial charge in [0.25, 0.3) is 5.56 Å². The van der Waals surface area contributed by atoms with E-state index in [1.165, 1.54) is 15.7 Å². The van der Waals surface area contributed by atoms with Gasteiger partial charge in [-0.3, -0.25) is 14.2 Å². The van der Waals surface area contributed by atoms with Crippen LogP contribution in [0.3, 0.4) is 0 Å². The van der Waals surface area contributed by atoms with Crippen LogP contribution in [0.15, 0.2) is 53.3 Å². The number of nitrogens with two attached hydrogens (primary N) is 1. The van der Waals surface area contributed by atoms with Crippen LogP contribution in [0.5, 0.6) is 0 Å². The Bertz CT molecular complexity index is 1100. The fraction of sp³-hybridized carbons (Fsp3) is 0.400. The Morgan fingerprint density at radius 3 is 2.35 bits per heavy atom. The van der Waals surface area contributed by atoms with Crippen LogP contribution in [0.4, 0.5) is 0 Å². The standard InChI is InChI=1S/C25H32N4O2/c1-16(2)13-18-9-11-19(12-10-18)24(17(3)4)27-14-23-28-21-8-6-5-7-20(21)25(31)29(23)15-22(26)30/h5-12,16-17,24,27H,13-15H2,1-4H3,(H2,26,30)/t24-/m1/s1. The first-order valence-electron chi connectivity index (χ1n) is 10.8. The summed E-state index contributed by atoms with van der Waals surface area (Å²) in [7, 11) is 0. The molecule has 0 aliphatic rings. The van der Waals surface area contributed by atoms with E-state index in [1.807, 2.05) is 12.1 Å². The predicted molar refractivity (Wildman–Crippen MR) is 125 cm³/mol. The summed E-state index contributed by atoms with van der Waals surface area (Å²) in [5.41, 5.74) is 8.28. The number of hydrogen-bond donors (Lipinski definition) is 2. The van der Waals surface area contributed by atoms with Crippen molar-refractivity contribution in [2.45, 2.75) is 53.2 Å². The van der Waals surface area contributed by atoms with Crippen LogP contribution in [0.25, 0.3) is 10.9 Å². The number of carbonyl (C=O) groups is 1. The van der Waals surface area contributed by atoms with Crippen molar-refractivity contribution in [1.29, 1.82) is 0 Å². The van der Waals surface area contributed by atoms with E-state index in [1.54, 1.807) is 12.1 Å². The molecule has 0 aliphatic carbocycles. The quantitative estimate of drug-likeness (QED) is 0.554. The molecule has 0 spiro atoms. The van der Waals surface area contributed by atoms with Crippen molar-refractivity contribution < 1.29 is 4.79 Å². The van der Waals surface area contributed by atoms with E-state index in [-0.39, 0.29) is 18.1 Å². The monoisotopic (exact) mass is 420 g/mol. The molecule has 3 rings (SSSR count). The summed E-state index contributed by atoms with van der Waals surface area (Å²) in [6, 6.07) is 15.9. The molecule has 0 saturated heterocycles. The highest BCUT2D eigenvalue weighted by Gasteiger charge is 2.18. The maximum atomic E-state index is 12.9. The fourth-order valence-electron chi connectivity index (χ4n) is 3.94. The Morgan fingerprint density at radius 2 is 1.74 bits per heavy atom. The van der Waals surface area contributed by atoms with E-state index in [0.717, 1.165) is 6.42 Å². The Morgan fingerprint density at radius 1 is 1.06 bits per heavy atom. The first-order chi connectivity index (χ1) is 14.8. The zero-order valence-electron chi connectivity index (χ0n) is 18.8. The number of carbonyl (C=O) groups excluding carboxylic acids is 1. The van der Waals surface area contributed by atoms with Gasteiger partial charge in [0.2, 0.25) is 5.91 Å². The summed E-state index contributed by atoms with van der Waals surface area (Å²) in [5.74, 6) is 0.879. The zero-order chi connectivity index (χ0) is 22.5. The number of para-hydroxylation sites is 1. The largest absolute Gasteiger partial charge is 0.368 e. The lowest BCUT2D eigenvalue weighted by molar-refractivity contribution is -0.118. The van der Waals surface area contributed by atoms with Gasteiger partial charge in [0, 0.05) is 6.04 Å². The van der Waals surface area contributed by atoms with E-state index in [4.69, 9.17) is 5.73 Å². The van der Waals surface area contributed by atoms with E-state index in [0.29, 0.717) is 35.1 Å². The van der Waals surface area contributed by atoms with Crippen LogP contribution >= 0.6 is 0 Å². The summed E-state index contributed by atoms with van der Waals surface area (Å²) in [6.07, 6.45) is 1.06. The molecule has 0 unspecified atom stereocenters. The smallest absolute Gasteiger partial charge is 0.261 e. The van der Waals surface area contributed by atoms with Crippen molar-refractivity contribution in [1.82, 2.24) is 14.9 Å². The van der Waals surface area contributed by atoms with Gasteiger partial charge in [0.05, 0.1) is 17.4 Å². The lowest BCUT2D eigenvalue weighted by atomic mass is 9.93. The molecule has 31 heavy (non-hydrogen) atoms. The van der Waals surface area contributed by atoms with Crippen LogP contribution in [-0.2, 0) is 24.3 Å². The van der Waals surface area contributed by atoms with Crippen LogP contribution < -0.4 is 16.6 Å². The highest BCUT2D eigenvalue weighted by Crippen LogP contribution is 2.23. The van der Waals surface area contributed by atoms with Crippen LogP contribution in [0.2, 0.25) is 0 Å². The van der Waals surface area contributed by atoms with Gasteiger partial charge >= 0.3 is 0 Å². The molecule has 0 saturated carbocycles. The number of primary amides is 1. The fourth-order valence-corrected chi connectivity index (χ4v) is 3.94. The number of nitrogens with zero attached hydrogens (tertiary/aromatic N) is 2. The molecular weight excluding hydrogens is 388 g/mol. The molecule has 164 valence electrons. The molecule has 0 radical (unpaired) electrons. The minimum absolute atomic E-state index is 0.0819. The summed E-state index contributed by atoms with van der Waals surface area (Å²) < 4.78 is 1.38. The second-order valence-electron chi connectivity index (χ2n) is 8.84. The zero-order valence-corrected chi connectivity index (χ0v) is 18.8. The predicted octanol–water partition coefficient (Wildman–Crippen LogP) is 3.57. The number of rotatable bonds is 9. The third kappa shape index (κ3) is 5.58. The van der Waals surface area contributed by atoms with Gasteiger partial charge in [0.15, 0.2) is 0 Å². The number of benzene rings is 2. The topological polar surface area (TPSA) is 90.0 Å². The number of amides is 1. The molecule has 3 aromatic rings. The van der Waals surface area contributed by atoms with E-state index in [9.17, 15) is 9.59 Å². The first-order valence-corrected chi connectivity index (χ1v) is 10.8. The Balaban J connectivity index is 1.89. The van der Waals surface area contributed by atoms with Crippen molar-refractivity contribution in [3.63, 3.8) is 0 Å². The van der Waals surface area contributed by atoms with Gasteiger partial charge in [-0.25, -0.2) is 4.98 Å². The molecular formula is C25H32N4O2. The number of nitrogens with one attached hydrogen (secondary N) is 1. The second kappa shape index (κ2) is 9.88. The summed E-state index contributed by atoms with van der Waals surface area (Å²) in [6.45, 7) is 8.91. The summed E-state index contributed by atoms with van der Waals surface area (Å²) >= 11 is 0. The second-order valence-corrected chi connectivity index (χ2v) is 8.84. The Kier molecular flexibility index (Phi) is 7.23. The van der Waals surface area contributed by atoms with Gasteiger partial charge in [-0.15, -0.1) is 0 Å². The molecule has 0 fully saturated rings. The van der Waals surface area contributed by atoms with Gasteiger partial charge in [-0.1, -0.05) is 64.1 Å². The van der Waals surface area contributed by atoms with Gasteiger partial charge < -0.3 is 11.1 Å². The molecule has 6 nitrogen and oxygen atoms in total. The van der Waals surface area contributed by atoms with E-state index in [2.05, 4.69) is 62.3 Å². The van der Waals surface area contributed by atoms with Crippen molar-refractivity contribution in [3.8, 4) is 0 Å². The van der Waals surface area contributed by atoms with Crippen LogP contribution in [0, 0.1) is 11.8 Å². The highest BCUT2D eigenvalue weighted by atomic mass is 16.2. The number of aromatic nitrogens is 2. The van der Waals surface area contributed by atoms with Crippen LogP contribution in [0.1, 0.15) is 50.7 Å². The average Bonchev–Trinajstić information content (AvgIpc) is 2.71. The van der Waals surface area contributed by atoms with Crippen molar-refractivity contribution in [2.75, 3.05) is 0 Å². The molecule has 0 bridgehead atoms. The molecule has 6 heteroatoms. The van der Waals surface area contributed by atoms with Crippen LogP contribution in [-0.4, -0.2) is 15.5 Å². The lowest BCUT2D eigenvalue weighted by Crippen LogP contribution is -2.34. The molecule has 1 atom stereocenters. The number of hydrogen-bond acceptors (Lipinski definition) is 4. The molecule has 3 N–H and O–H groups in total. The lowest BCUT2D eigenvalue weighted by Gasteiger charge is -2.24. The Hall–Kier alpha value is -2.99. The molecule has 0 aliphatic heterocycles. The summed E-state index contributed by atoms with van der Waals surface area (Å²) in [4.78, 5) is 29.2. The molecule has 1 amide bonds. The minimum atomic E-state index is -0.568. The maximum absolute atomic E-state index is 12.9. The highest BCUT2D eigenvalue weighted by molar-refractivity contribution is 5.78. The SMILES string of the molecule is CC(C)Cc1ccc([C@H](NCc2nc3ccccc3c(=O)n2CC(N)=O)C(C)C)cc1. The van der Waals surface area contributed by atoms with E-state index >= 15 is 0 Å². The maximum Gasteiger partial charge on any atom is 0.261 e. The van der Waals surface area contributed by atoms with Crippen molar-refractivity contribution in [3.05, 3.63) is 75.8 Å². The van der Waals surface area contributed by atoms with Gasteiger partial charge in [-0.2, -0.15) is 0 Å². The minimum Gasteiger partial charge on any atom is -0.368 e. The third-order valence-electron chi connectivity index (χ3n) is 5.38. The van der Waals surface area contributed by atoms with E-state index < -0.39 is 5.91 Å². The molecule has 1 aromatic heterocycles. The average molecular weight is 421 g/mol. The third-order valence-corrected chi connectivity index (χ3v) is 5.38. The van der Waals surface area contributed by atoms with Gasteiger partial charge in [0.1, 0.15) is 12.4 Å². The molecule has 2 aromatic carbocycles. The molecule has 1 heterocycles. The normalized spacial score (nSPS) is 12.6. The van der Waals surface area contributed by atoms with Crippen molar-refractivity contribution >= 4 is 16.8 Å². The first kappa shape index (κ1) is 22.7. The number of fused-ring (bicyclic) bond motifs is 1. The van der Waals surface area contributed by atoms with Crippen molar-refractivity contribution in [2.24, 2.45) is 17.6 Å². The summed E-state index contributed by atoms with van der Waals surface area (Å²) in [5, 5.41) is 4.02. The van der Waals surface area contributed by atoms with Gasteiger partial charge in [-0.05, 0) is 41.5 Å². The Labute approximate surface area is 183 Å².